The van der Waals surface area contributed by atoms with Crippen molar-refractivity contribution in [3.8, 4) is 0 Å². The Kier molecular flexibility index (Phi) is 3.15. The van der Waals surface area contributed by atoms with Crippen molar-refractivity contribution in [1.82, 2.24) is 0 Å². The van der Waals surface area contributed by atoms with Crippen molar-refractivity contribution < 1.29 is 4.74 Å². The Hall–Kier alpha value is -0.0800. The monoisotopic (exact) mass is 131 g/mol. The average molecular weight is 131 g/mol. The van der Waals surface area contributed by atoms with Gasteiger partial charge in [-0.2, -0.15) is 0 Å². The molecule has 0 amide bonds. The van der Waals surface area contributed by atoms with Crippen LogP contribution in [0.2, 0.25) is 0 Å². The third-order valence-electron chi connectivity index (χ3n) is 1.86. The van der Waals surface area contributed by atoms with Gasteiger partial charge >= 0.3 is 0 Å². The Morgan fingerprint density at radius 3 is 2.11 bits per heavy atom. The number of ether oxygens (including phenoxy) is 1. The van der Waals surface area contributed by atoms with Crippen LogP contribution in [-0.4, -0.2) is 18.8 Å². The van der Waals surface area contributed by atoms with Crippen LogP contribution in [0.3, 0.4) is 0 Å². The topological polar surface area (TPSA) is 35.2 Å². The van der Waals surface area contributed by atoms with Gasteiger partial charge in [-0.15, -0.1) is 0 Å². The minimum atomic E-state index is -0.172. The highest BCUT2D eigenvalue weighted by Gasteiger charge is 2.23. The molecule has 2 heteroatoms. The molecule has 0 aromatic rings. The lowest BCUT2D eigenvalue weighted by Crippen LogP contribution is -2.43. The van der Waals surface area contributed by atoms with Crippen molar-refractivity contribution >= 4 is 0 Å². The first-order valence-corrected chi connectivity index (χ1v) is 3.35. The molecule has 0 aliphatic rings. The number of hydrogen-bond acceptors (Lipinski definition) is 2. The SMILES string of the molecule is CCC(N)C(C)(C)OC. The van der Waals surface area contributed by atoms with Crippen molar-refractivity contribution in [3.63, 3.8) is 0 Å². The van der Waals surface area contributed by atoms with Gasteiger partial charge in [0.25, 0.3) is 0 Å². The van der Waals surface area contributed by atoms with E-state index in [-0.39, 0.29) is 11.6 Å². The van der Waals surface area contributed by atoms with Crippen LogP contribution in [0.15, 0.2) is 0 Å². The third-order valence-corrected chi connectivity index (χ3v) is 1.86. The summed E-state index contributed by atoms with van der Waals surface area (Å²) in [6.45, 7) is 6.06. The summed E-state index contributed by atoms with van der Waals surface area (Å²) < 4.78 is 5.17. The van der Waals surface area contributed by atoms with E-state index in [0.717, 1.165) is 6.42 Å². The normalized spacial score (nSPS) is 15.7. The first-order chi connectivity index (χ1) is 4.04. The van der Waals surface area contributed by atoms with Crippen LogP contribution in [0.4, 0.5) is 0 Å². The van der Waals surface area contributed by atoms with Gasteiger partial charge in [-0.3, -0.25) is 0 Å². The second-order valence-corrected chi connectivity index (χ2v) is 2.82. The molecule has 0 fully saturated rings. The third kappa shape index (κ3) is 2.33. The Morgan fingerprint density at radius 2 is 2.00 bits per heavy atom. The Bertz CT molecular complexity index is 81.0. The molecular weight excluding hydrogens is 114 g/mol. The fourth-order valence-electron chi connectivity index (χ4n) is 0.643. The first-order valence-electron chi connectivity index (χ1n) is 3.35. The van der Waals surface area contributed by atoms with Gasteiger partial charge in [0.15, 0.2) is 0 Å². The zero-order chi connectivity index (χ0) is 7.49. The van der Waals surface area contributed by atoms with Crippen molar-refractivity contribution in [1.29, 1.82) is 0 Å². The quantitative estimate of drug-likeness (QED) is 0.623. The van der Waals surface area contributed by atoms with Crippen molar-refractivity contribution in [3.05, 3.63) is 0 Å². The lowest BCUT2D eigenvalue weighted by atomic mass is 9.97. The molecule has 0 heterocycles. The molecule has 0 aromatic heterocycles. The second kappa shape index (κ2) is 3.18. The molecule has 0 rings (SSSR count). The molecule has 0 aliphatic heterocycles. The maximum absolute atomic E-state index is 5.74. The molecule has 0 saturated carbocycles. The summed E-state index contributed by atoms with van der Waals surface area (Å²) >= 11 is 0. The number of rotatable bonds is 3. The first kappa shape index (κ1) is 8.92. The smallest absolute Gasteiger partial charge is 0.0772 e. The Morgan fingerprint density at radius 1 is 1.56 bits per heavy atom. The summed E-state index contributed by atoms with van der Waals surface area (Å²) in [5.74, 6) is 0. The fraction of sp³-hybridized carbons (Fsp3) is 1.00. The van der Waals surface area contributed by atoms with E-state index in [2.05, 4.69) is 6.92 Å². The van der Waals surface area contributed by atoms with Gasteiger partial charge in [0.05, 0.1) is 5.60 Å². The number of hydrogen-bond donors (Lipinski definition) is 1. The lowest BCUT2D eigenvalue weighted by molar-refractivity contribution is -0.000186. The summed E-state index contributed by atoms with van der Waals surface area (Å²) in [7, 11) is 1.69. The van der Waals surface area contributed by atoms with E-state index in [0.29, 0.717) is 0 Å². The van der Waals surface area contributed by atoms with Crippen molar-refractivity contribution in [2.45, 2.75) is 38.8 Å². The highest BCUT2D eigenvalue weighted by atomic mass is 16.5. The van der Waals surface area contributed by atoms with Gasteiger partial charge in [-0.05, 0) is 20.3 Å². The number of nitrogens with two attached hydrogens (primary N) is 1. The van der Waals surface area contributed by atoms with Gasteiger partial charge in [0.1, 0.15) is 0 Å². The maximum atomic E-state index is 5.74. The fourth-order valence-corrected chi connectivity index (χ4v) is 0.643. The van der Waals surface area contributed by atoms with Crippen LogP contribution in [0.25, 0.3) is 0 Å². The summed E-state index contributed by atoms with van der Waals surface area (Å²) in [6, 6.07) is 0.141. The van der Waals surface area contributed by atoms with Crippen LogP contribution in [0, 0.1) is 0 Å². The standard InChI is InChI=1S/C7H17NO/c1-5-6(8)7(2,3)9-4/h6H,5,8H2,1-4H3. The van der Waals surface area contributed by atoms with E-state index in [1.54, 1.807) is 7.11 Å². The van der Waals surface area contributed by atoms with E-state index >= 15 is 0 Å². The molecule has 0 bridgehead atoms. The van der Waals surface area contributed by atoms with E-state index in [1.165, 1.54) is 0 Å². The van der Waals surface area contributed by atoms with Gasteiger partial charge in [-0.1, -0.05) is 6.92 Å². The molecule has 0 aromatic carbocycles. The Balaban J connectivity index is 3.80. The molecule has 0 aliphatic carbocycles. The molecule has 2 N–H and O–H groups in total. The second-order valence-electron chi connectivity index (χ2n) is 2.82. The van der Waals surface area contributed by atoms with E-state index in [9.17, 15) is 0 Å². The molecule has 0 spiro atoms. The van der Waals surface area contributed by atoms with Gasteiger partial charge < -0.3 is 10.5 Å². The van der Waals surface area contributed by atoms with Crippen LogP contribution in [0.5, 0.6) is 0 Å². The average Bonchev–Trinajstić information content (AvgIpc) is 1.86. The summed E-state index contributed by atoms with van der Waals surface area (Å²) in [5.41, 5.74) is 5.56. The van der Waals surface area contributed by atoms with Gasteiger partial charge in [0, 0.05) is 13.2 Å². The summed E-state index contributed by atoms with van der Waals surface area (Å²) in [6.07, 6.45) is 0.959. The molecule has 0 saturated heterocycles. The maximum Gasteiger partial charge on any atom is 0.0772 e. The van der Waals surface area contributed by atoms with Crippen LogP contribution in [0.1, 0.15) is 27.2 Å². The van der Waals surface area contributed by atoms with Gasteiger partial charge in [0.2, 0.25) is 0 Å². The van der Waals surface area contributed by atoms with E-state index < -0.39 is 0 Å². The van der Waals surface area contributed by atoms with Crippen LogP contribution >= 0.6 is 0 Å². The highest BCUT2D eigenvalue weighted by molar-refractivity contribution is 4.80. The molecule has 1 atom stereocenters. The molecule has 0 radical (unpaired) electrons. The van der Waals surface area contributed by atoms with Crippen LogP contribution < -0.4 is 5.73 Å². The summed E-state index contributed by atoms with van der Waals surface area (Å²) in [4.78, 5) is 0. The minimum absolute atomic E-state index is 0.141. The largest absolute Gasteiger partial charge is 0.377 e. The zero-order valence-corrected chi connectivity index (χ0v) is 6.77. The predicted molar refractivity (Wildman–Crippen MR) is 39.4 cm³/mol. The van der Waals surface area contributed by atoms with Crippen molar-refractivity contribution in [2.24, 2.45) is 5.73 Å². The van der Waals surface area contributed by atoms with Crippen molar-refractivity contribution in [2.75, 3.05) is 7.11 Å². The molecule has 2 nitrogen and oxygen atoms in total. The Labute approximate surface area is 57.4 Å². The van der Waals surface area contributed by atoms with E-state index in [4.69, 9.17) is 10.5 Å². The van der Waals surface area contributed by atoms with E-state index in [1.807, 2.05) is 13.8 Å². The lowest BCUT2D eigenvalue weighted by Gasteiger charge is -2.28. The highest BCUT2D eigenvalue weighted by Crippen LogP contribution is 2.13. The minimum Gasteiger partial charge on any atom is -0.377 e. The number of methoxy groups -OCH3 is 1. The van der Waals surface area contributed by atoms with Gasteiger partial charge in [-0.25, -0.2) is 0 Å². The zero-order valence-electron chi connectivity index (χ0n) is 6.77. The molecular formula is C7H17NO. The predicted octanol–water partition coefficient (Wildman–Crippen LogP) is 1.15. The summed E-state index contributed by atoms with van der Waals surface area (Å²) in [5, 5.41) is 0. The molecule has 9 heavy (non-hydrogen) atoms. The molecule has 1 unspecified atom stereocenters. The molecule has 56 valence electrons. The van der Waals surface area contributed by atoms with Crippen LogP contribution in [-0.2, 0) is 4.74 Å².